The van der Waals surface area contributed by atoms with Crippen LogP contribution in [0.5, 0.6) is 0 Å². The maximum absolute atomic E-state index is 12.9. The SMILES string of the molecule is Cc1nn(-c2ccccc2)c(C)c1C(=O)OCC(=O)c1cc(C)n(Cc2ccccc2Cl)c1C. The van der Waals surface area contributed by atoms with Crippen LogP contribution in [0.1, 0.15) is 49.1 Å². The van der Waals surface area contributed by atoms with E-state index in [2.05, 4.69) is 5.10 Å². The number of ether oxygens (including phenoxy) is 1. The number of rotatable bonds is 7. The van der Waals surface area contributed by atoms with Crippen LogP contribution in [0, 0.1) is 27.7 Å². The normalized spacial score (nSPS) is 11.0. The number of aryl methyl sites for hydroxylation is 2. The van der Waals surface area contributed by atoms with Crippen molar-refractivity contribution in [1.82, 2.24) is 14.3 Å². The lowest BCUT2D eigenvalue weighted by Gasteiger charge is -2.11. The number of hydrogen-bond acceptors (Lipinski definition) is 4. The highest BCUT2D eigenvalue weighted by Gasteiger charge is 2.23. The van der Waals surface area contributed by atoms with Crippen molar-refractivity contribution in [2.75, 3.05) is 6.61 Å². The number of halogens is 1. The molecule has 0 aliphatic carbocycles. The van der Waals surface area contributed by atoms with Crippen LogP contribution in [0.2, 0.25) is 5.02 Å². The zero-order valence-corrected chi connectivity index (χ0v) is 20.4. The zero-order valence-electron chi connectivity index (χ0n) is 19.6. The number of aromatic nitrogens is 3. The summed E-state index contributed by atoms with van der Waals surface area (Å²) in [6, 6.07) is 19.0. The Kier molecular flexibility index (Phi) is 6.70. The molecule has 4 rings (SSSR count). The van der Waals surface area contributed by atoms with Gasteiger partial charge in [-0.1, -0.05) is 48.0 Å². The molecule has 0 atom stereocenters. The molecule has 2 aromatic carbocycles. The molecular weight excluding hydrogens is 450 g/mol. The Morgan fingerprint density at radius 1 is 0.941 bits per heavy atom. The molecule has 174 valence electrons. The van der Waals surface area contributed by atoms with Crippen molar-refractivity contribution in [2.24, 2.45) is 0 Å². The minimum absolute atomic E-state index is 0.252. The average molecular weight is 476 g/mol. The van der Waals surface area contributed by atoms with Gasteiger partial charge < -0.3 is 9.30 Å². The first-order valence-corrected chi connectivity index (χ1v) is 11.4. The molecule has 0 radical (unpaired) electrons. The molecular formula is C27H26ClN3O3. The van der Waals surface area contributed by atoms with Crippen molar-refractivity contribution < 1.29 is 14.3 Å². The van der Waals surface area contributed by atoms with E-state index in [0.29, 0.717) is 34.1 Å². The van der Waals surface area contributed by atoms with Crippen LogP contribution >= 0.6 is 11.6 Å². The van der Waals surface area contributed by atoms with Crippen LogP contribution < -0.4 is 0 Å². The summed E-state index contributed by atoms with van der Waals surface area (Å²) in [5.74, 6) is -0.812. The van der Waals surface area contributed by atoms with Gasteiger partial charge in [0.1, 0.15) is 5.56 Å². The summed E-state index contributed by atoms with van der Waals surface area (Å²) in [4.78, 5) is 25.8. The van der Waals surface area contributed by atoms with Gasteiger partial charge in [-0.05, 0) is 57.5 Å². The highest BCUT2D eigenvalue weighted by molar-refractivity contribution is 6.31. The third-order valence-electron chi connectivity index (χ3n) is 5.99. The highest BCUT2D eigenvalue weighted by atomic mass is 35.5. The number of esters is 1. The van der Waals surface area contributed by atoms with Gasteiger partial charge >= 0.3 is 5.97 Å². The van der Waals surface area contributed by atoms with Crippen molar-refractivity contribution in [2.45, 2.75) is 34.2 Å². The quantitative estimate of drug-likeness (QED) is 0.256. The largest absolute Gasteiger partial charge is 0.454 e. The number of carbonyl (C=O) groups is 2. The molecule has 0 N–H and O–H groups in total. The van der Waals surface area contributed by atoms with Crippen LogP contribution in [-0.2, 0) is 11.3 Å². The molecule has 0 fully saturated rings. The lowest BCUT2D eigenvalue weighted by molar-refractivity contribution is 0.0473. The second-order valence-electron chi connectivity index (χ2n) is 8.25. The van der Waals surface area contributed by atoms with Gasteiger partial charge in [0, 0.05) is 28.5 Å². The monoisotopic (exact) mass is 475 g/mol. The Balaban J connectivity index is 1.49. The molecule has 2 aromatic heterocycles. The number of nitrogens with zero attached hydrogens (tertiary/aromatic N) is 3. The first-order valence-electron chi connectivity index (χ1n) is 11.0. The second-order valence-corrected chi connectivity index (χ2v) is 8.66. The van der Waals surface area contributed by atoms with Crippen LogP contribution in [0.3, 0.4) is 0 Å². The lowest BCUT2D eigenvalue weighted by atomic mass is 10.1. The van der Waals surface area contributed by atoms with Crippen molar-refractivity contribution in [3.63, 3.8) is 0 Å². The molecule has 7 heteroatoms. The number of hydrogen-bond donors (Lipinski definition) is 0. The molecule has 4 aromatic rings. The number of Topliss-reactive ketones (excluding diaryl/α,β-unsaturated/α-hetero) is 1. The van der Waals surface area contributed by atoms with E-state index < -0.39 is 5.97 Å². The minimum atomic E-state index is -0.560. The molecule has 0 amide bonds. The first-order chi connectivity index (χ1) is 16.3. The van der Waals surface area contributed by atoms with Gasteiger partial charge in [-0.2, -0.15) is 5.10 Å². The third-order valence-corrected chi connectivity index (χ3v) is 6.36. The average Bonchev–Trinajstić information content (AvgIpc) is 3.28. The van der Waals surface area contributed by atoms with Gasteiger partial charge in [0.15, 0.2) is 6.61 Å². The Labute approximate surface area is 203 Å². The van der Waals surface area contributed by atoms with Gasteiger partial charge in [-0.3, -0.25) is 4.79 Å². The van der Waals surface area contributed by atoms with E-state index in [1.807, 2.05) is 86.0 Å². The van der Waals surface area contributed by atoms with E-state index in [-0.39, 0.29) is 12.4 Å². The first kappa shape index (κ1) is 23.5. The predicted molar refractivity (Wildman–Crippen MR) is 132 cm³/mol. The van der Waals surface area contributed by atoms with Gasteiger partial charge in [-0.25, -0.2) is 9.48 Å². The van der Waals surface area contributed by atoms with Gasteiger partial charge in [0.2, 0.25) is 5.78 Å². The van der Waals surface area contributed by atoms with E-state index in [1.165, 1.54) is 0 Å². The summed E-state index contributed by atoms with van der Waals surface area (Å²) in [5.41, 5.74) is 5.69. The molecule has 6 nitrogen and oxygen atoms in total. The summed E-state index contributed by atoms with van der Waals surface area (Å²) >= 11 is 6.31. The summed E-state index contributed by atoms with van der Waals surface area (Å²) in [6.07, 6.45) is 0. The van der Waals surface area contributed by atoms with E-state index in [4.69, 9.17) is 16.3 Å². The van der Waals surface area contributed by atoms with Crippen LogP contribution in [-0.4, -0.2) is 32.7 Å². The Bertz CT molecular complexity index is 1370. The Hall–Kier alpha value is -3.64. The highest BCUT2D eigenvalue weighted by Crippen LogP contribution is 2.23. The van der Waals surface area contributed by atoms with Gasteiger partial charge in [0.25, 0.3) is 0 Å². The summed E-state index contributed by atoms with van der Waals surface area (Å²) in [5, 5.41) is 5.16. The van der Waals surface area contributed by atoms with Crippen molar-refractivity contribution in [3.8, 4) is 5.69 Å². The van der Waals surface area contributed by atoms with E-state index in [9.17, 15) is 9.59 Å². The second kappa shape index (κ2) is 9.69. The predicted octanol–water partition coefficient (Wildman–Crippen LogP) is 5.65. The fourth-order valence-corrected chi connectivity index (χ4v) is 4.36. The Morgan fingerprint density at radius 3 is 2.32 bits per heavy atom. The maximum atomic E-state index is 12.9. The summed E-state index contributed by atoms with van der Waals surface area (Å²) in [7, 11) is 0. The van der Waals surface area contributed by atoms with E-state index in [0.717, 1.165) is 22.6 Å². The fraction of sp³-hybridized carbons (Fsp3) is 0.222. The number of ketones is 1. The summed E-state index contributed by atoms with van der Waals surface area (Å²) in [6.45, 7) is 7.61. The molecule has 0 aliphatic rings. The van der Waals surface area contributed by atoms with Crippen LogP contribution in [0.4, 0.5) is 0 Å². The third kappa shape index (κ3) is 4.54. The van der Waals surface area contributed by atoms with Gasteiger partial charge in [0.05, 0.1) is 17.1 Å². The molecule has 0 bridgehead atoms. The van der Waals surface area contributed by atoms with Crippen molar-refractivity contribution in [3.05, 3.63) is 105 Å². The Morgan fingerprint density at radius 2 is 1.62 bits per heavy atom. The number of benzene rings is 2. The molecule has 0 spiro atoms. The molecule has 0 saturated carbocycles. The van der Waals surface area contributed by atoms with Gasteiger partial charge in [-0.15, -0.1) is 0 Å². The number of para-hydroxylation sites is 1. The maximum Gasteiger partial charge on any atom is 0.342 e. The summed E-state index contributed by atoms with van der Waals surface area (Å²) < 4.78 is 9.17. The topological polar surface area (TPSA) is 66.1 Å². The molecule has 0 unspecified atom stereocenters. The molecule has 34 heavy (non-hydrogen) atoms. The smallest absolute Gasteiger partial charge is 0.342 e. The molecule has 2 heterocycles. The van der Waals surface area contributed by atoms with Crippen LogP contribution in [0.25, 0.3) is 5.69 Å². The number of carbonyl (C=O) groups excluding carboxylic acids is 2. The zero-order chi connectivity index (χ0) is 24.4. The minimum Gasteiger partial charge on any atom is -0.454 e. The lowest BCUT2D eigenvalue weighted by Crippen LogP contribution is -2.16. The van der Waals surface area contributed by atoms with E-state index >= 15 is 0 Å². The molecule has 0 saturated heterocycles. The fourth-order valence-electron chi connectivity index (χ4n) is 4.16. The van der Waals surface area contributed by atoms with Crippen LogP contribution in [0.15, 0.2) is 60.7 Å². The van der Waals surface area contributed by atoms with Crippen molar-refractivity contribution >= 4 is 23.4 Å². The van der Waals surface area contributed by atoms with E-state index in [1.54, 1.807) is 11.6 Å². The molecule has 0 aliphatic heterocycles. The standard InChI is InChI=1S/C27H26ClN3O3/c1-17-14-23(19(3)30(17)15-21-10-8-9-13-24(21)28)25(32)16-34-27(33)26-18(2)29-31(20(26)4)22-11-6-5-7-12-22/h5-14H,15-16H2,1-4H3. The van der Waals surface area contributed by atoms with Crippen molar-refractivity contribution in [1.29, 1.82) is 0 Å².